The highest BCUT2D eigenvalue weighted by molar-refractivity contribution is 7.14. The molecule has 0 aliphatic carbocycles. The molecule has 6 heteroatoms. The first-order valence-electron chi connectivity index (χ1n) is 9.07. The summed E-state index contributed by atoms with van der Waals surface area (Å²) in [4.78, 5) is 29.0. The van der Waals surface area contributed by atoms with Gasteiger partial charge in [-0.3, -0.25) is 10.1 Å². The molecule has 3 aromatic rings. The van der Waals surface area contributed by atoms with E-state index < -0.39 is 18.0 Å². The lowest BCUT2D eigenvalue weighted by Crippen LogP contribution is -2.30. The molecule has 0 radical (unpaired) electrons. The van der Waals surface area contributed by atoms with Crippen molar-refractivity contribution >= 4 is 28.3 Å². The summed E-state index contributed by atoms with van der Waals surface area (Å²) in [6.45, 7) is 5.71. The second-order valence-electron chi connectivity index (χ2n) is 6.72. The molecule has 0 unspecified atom stereocenters. The zero-order valence-corrected chi connectivity index (χ0v) is 16.8. The van der Waals surface area contributed by atoms with Crippen molar-refractivity contribution in [1.82, 2.24) is 4.98 Å². The number of amides is 1. The average molecular weight is 394 g/mol. The standard InChI is InChI=1S/C22H22N2O3S/c1-14(2)16-9-11-18(12-10-16)21(26)27-15(3)20(25)24-22-23-19(13-28-22)17-7-5-4-6-8-17/h4-15H,1-3H3,(H,23,24,25)/t15-/m1/s1. The molecule has 0 bridgehead atoms. The van der Waals surface area contributed by atoms with Crippen molar-refractivity contribution in [2.24, 2.45) is 0 Å². The van der Waals surface area contributed by atoms with Gasteiger partial charge in [-0.25, -0.2) is 9.78 Å². The fourth-order valence-electron chi connectivity index (χ4n) is 2.57. The molecule has 144 valence electrons. The van der Waals surface area contributed by atoms with Crippen LogP contribution in [0.3, 0.4) is 0 Å². The third-order valence-electron chi connectivity index (χ3n) is 4.27. The van der Waals surface area contributed by atoms with Gasteiger partial charge in [-0.2, -0.15) is 0 Å². The Bertz CT molecular complexity index is 949. The molecule has 5 nitrogen and oxygen atoms in total. The largest absolute Gasteiger partial charge is 0.449 e. The van der Waals surface area contributed by atoms with Gasteiger partial charge in [0, 0.05) is 10.9 Å². The maximum Gasteiger partial charge on any atom is 0.338 e. The van der Waals surface area contributed by atoms with Crippen LogP contribution in [-0.4, -0.2) is 23.0 Å². The summed E-state index contributed by atoms with van der Waals surface area (Å²) >= 11 is 1.33. The average Bonchev–Trinajstić information content (AvgIpc) is 3.17. The molecule has 28 heavy (non-hydrogen) atoms. The van der Waals surface area contributed by atoms with Crippen molar-refractivity contribution in [2.45, 2.75) is 32.8 Å². The maximum absolute atomic E-state index is 12.3. The zero-order valence-electron chi connectivity index (χ0n) is 16.0. The fourth-order valence-corrected chi connectivity index (χ4v) is 3.29. The van der Waals surface area contributed by atoms with Crippen LogP contribution < -0.4 is 5.32 Å². The van der Waals surface area contributed by atoms with Crippen molar-refractivity contribution in [3.8, 4) is 11.3 Å². The van der Waals surface area contributed by atoms with Crippen LogP contribution >= 0.6 is 11.3 Å². The molecule has 1 amide bonds. The normalized spacial score (nSPS) is 11.9. The lowest BCUT2D eigenvalue weighted by molar-refractivity contribution is -0.123. The molecule has 1 N–H and O–H groups in total. The molecular formula is C22H22N2O3S. The van der Waals surface area contributed by atoms with Crippen molar-refractivity contribution < 1.29 is 14.3 Å². The summed E-state index contributed by atoms with van der Waals surface area (Å²) in [6.07, 6.45) is -0.929. The van der Waals surface area contributed by atoms with E-state index in [9.17, 15) is 9.59 Å². The number of thiazole rings is 1. The highest BCUT2D eigenvalue weighted by Gasteiger charge is 2.20. The van der Waals surface area contributed by atoms with Gasteiger partial charge in [-0.05, 0) is 30.5 Å². The minimum atomic E-state index is -0.929. The van der Waals surface area contributed by atoms with Gasteiger partial charge in [0.2, 0.25) is 0 Å². The summed E-state index contributed by atoms with van der Waals surface area (Å²) in [5.74, 6) is -0.558. The number of hydrogen-bond acceptors (Lipinski definition) is 5. The van der Waals surface area contributed by atoms with Crippen LogP contribution in [0.4, 0.5) is 5.13 Å². The molecule has 1 aromatic heterocycles. The number of anilines is 1. The topological polar surface area (TPSA) is 68.3 Å². The van der Waals surface area contributed by atoms with E-state index >= 15 is 0 Å². The number of ether oxygens (including phenoxy) is 1. The highest BCUT2D eigenvalue weighted by atomic mass is 32.1. The van der Waals surface area contributed by atoms with Crippen molar-refractivity contribution in [2.75, 3.05) is 5.32 Å². The molecule has 0 fully saturated rings. The molecule has 0 aliphatic heterocycles. The summed E-state index contributed by atoms with van der Waals surface area (Å²) in [6, 6.07) is 16.9. The van der Waals surface area contributed by atoms with E-state index in [-0.39, 0.29) is 0 Å². The number of hydrogen-bond donors (Lipinski definition) is 1. The van der Waals surface area contributed by atoms with Crippen LogP contribution in [0.5, 0.6) is 0 Å². The van der Waals surface area contributed by atoms with Crippen molar-refractivity contribution in [1.29, 1.82) is 0 Å². The van der Waals surface area contributed by atoms with Crippen LogP contribution in [0.15, 0.2) is 60.0 Å². The Hall–Kier alpha value is -2.99. The molecule has 0 aliphatic rings. The summed E-state index contributed by atoms with van der Waals surface area (Å²) in [5.41, 5.74) is 3.32. The Kier molecular flexibility index (Phi) is 6.21. The third kappa shape index (κ3) is 4.84. The Labute approximate surface area is 168 Å². The molecule has 0 spiro atoms. The number of carbonyl (C=O) groups excluding carboxylic acids is 2. The second kappa shape index (κ2) is 8.80. The highest BCUT2D eigenvalue weighted by Crippen LogP contribution is 2.24. The monoisotopic (exact) mass is 394 g/mol. The first-order chi connectivity index (χ1) is 13.4. The maximum atomic E-state index is 12.3. The van der Waals surface area contributed by atoms with Gasteiger partial charge in [0.25, 0.3) is 5.91 Å². The van der Waals surface area contributed by atoms with Gasteiger partial charge in [-0.1, -0.05) is 56.3 Å². The van der Waals surface area contributed by atoms with E-state index in [4.69, 9.17) is 4.74 Å². The molecule has 1 heterocycles. The van der Waals surface area contributed by atoms with Gasteiger partial charge in [-0.15, -0.1) is 11.3 Å². The molecule has 0 saturated carbocycles. The van der Waals surface area contributed by atoms with Crippen LogP contribution in [0.1, 0.15) is 42.6 Å². The lowest BCUT2D eigenvalue weighted by Gasteiger charge is -2.13. The molecule has 2 aromatic carbocycles. The van der Waals surface area contributed by atoms with Gasteiger partial charge < -0.3 is 4.74 Å². The van der Waals surface area contributed by atoms with E-state index in [2.05, 4.69) is 24.1 Å². The number of rotatable bonds is 6. The summed E-state index contributed by atoms with van der Waals surface area (Å²) < 4.78 is 5.29. The SMILES string of the molecule is CC(C)c1ccc(C(=O)O[C@H](C)C(=O)Nc2nc(-c3ccccc3)cs2)cc1. The lowest BCUT2D eigenvalue weighted by atomic mass is 10.0. The molecule has 0 saturated heterocycles. The molecule has 3 rings (SSSR count). The quantitative estimate of drug-likeness (QED) is 0.589. The predicted molar refractivity (Wildman–Crippen MR) is 112 cm³/mol. The number of aromatic nitrogens is 1. The van der Waals surface area contributed by atoms with Gasteiger partial charge in [0.05, 0.1) is 11.3 Å². The van der Waals surface area contributed by atoms with Crippen molar-refractivity contribution in [3.05, 3.63) is 71.1 Å². The van der Waals surface area contributed by atoms with Crippen LogP contribution in [0.25, 0.3) is 11.3 Å². The van der Waals surface area contributed by atoms with Gasteiger partial charge in [0.1, 0.15) is 0 Å². The van der Waals surface area contributed by atoms with E-state index in [1.165, 1.54) is 11.3 Å². The molecular weight excluding hydrogens is 372 g/mol. The molecule has 1 atom stereocenters. The first-order valence-corrected chi connectivity index (χ1v) is 9.94. The number of nitrogens with one attached hydrogen (secondary N) is 1. The number of carbonyl (C=O) groups is 2. The first kappa shape index (κ1) is 19.8. The van der Waals surface area contributed by atoms with Crippen LogP contribution in [-0.2, 0) is 9.53 Å². The summed E-state index contributed by atoms with van der Waals surface area (Å²) in [7, 11) is 0. The minimum absolute atomic E-state index is 0.383. The number of benzene rings is 2. The Balaban J connectivity index is 1.58. The third-order valence-corrected chi connectivity index (χ3v) is 5.03. The van der Waals surface area contributed by atoms with Crippen LogP contribution in [0, 0.1) is 0 Å². The predicted octanol–water partition coefficient (Wildman–Crippen LogP) is 5.12. The van der Waals surface area contributed by atoms with Crippen LogP contribution in [0.2, 0.25) is 0 Å². The van der Waals surface area contributed by atoms with Gasteiger partial charge in [0.15, 0.2) is 11.2 Å². The second-order valence-corrected chi connectivity index (χ2v) is 7.58. The summed E-state index contributed by atoms with van der Waals surface area (Å²) in [5, 5.41) is 5.04. The Morgan fingerprint density at radius 2 is 1.68 bits per heavy atom. The van der Waals surface area contributed by atoms with E-state index in [1.807, 2.05) is 47.8 Å². The van der Waals surface area contributed by atoms with E-state index in [0.29, 0.717) is 16.6 Å². The number of nitrogens with zero attached hydrogens (tertiary/aromatic N) is 1. The van der Waals surface area contributed by atoms with Crippen molar-refractivity contribution in [3.63, 3.8) is 0 Å². The smallest absolute Gasteiger partial charge is 0.338 e. The minimum Gasteiger partial charge on any atom is -0.449 e. The fraction of sp³-hybridized carbons (Fsp3) is 0.227. The van der Waals surface area contributed by atoms with E-state index in [1.54, 1.807) is 19.1 Å². The Morgan fingerprint density at radius 3 is 2.32 bits per heavy atom. The number of esters is 1. The zero-order chi connectivity index (χ0) is 20.1. The Morgan fingerprint density at radius 1 is 1.00 bits per heavy atom. The van der Waals surface area contributed by atoms with Gasteiger partial charge >= 0.3 is 5.97 Å². The van der Waals surface area contributed by atoms with E-state index in [0.717, 1.165) is 16.8 Å².